The summed E-state index contributed by atoms with van der Waals surface area (Å²) in [5.74, 6) is 0.526. The molecule has 0 radical (unpaired) electrons. The van der Waals surface area contributed by atoms with Gasteiger partial charge in [-0.1, -0.05) is 66.7 Å². The molecule has 0 unspecified atom stereocenters. The highest BCUT2D eigenvalue weighted by Gasteiger charge is 2.34. The fourth-order valence-electron chi connectivity index (χ4n) is 3.13. The van der Waals surface area contributed by atoms with Gasteiger partial charge in [0.1, 0.15) is 11.9 Å². The second-order valence-electron chi connectivity index (χ2n) is 6.07. The van der Waals surface area contributed by atoms with Gasteiger partial charge in [0.05, 0.1) is 5.56 Å². The van der Waals surface area contributed by atoms with E-state index in [-0.39, 0.29) is 18.2 Å². The summed E-state index contributed by atoms with van der Waals surface area (Å²) < 4.78 is 12.0. The third-order valence-electron chi connectivity index (χ3n) is 4.38. The molecule has 1 aliphatic rings. The van der Waals surface area contributed by atoms with Crippen LogP contribution in [0.5, 0.6) is 5.75 Å². The lowest BCUT2D eigenvalue weighted by atomic mass is 9.94. The van der Waals surface area contributed by atoms with Crippen LogP contribution in [0.1, 0.15) is 27.6 Å². The standard InChI is InChI=1S/C22H18O3/c23-22(17-11-5-2-6-12-17)25-20-15-18-13-7-8-14-19(18)24-21(20)16-9-3-1-4-10-16/h1-14,20-21H,15H2/t20-,21+/m1/s1. The van der Waals surface area contributed by atoms with Crippen LogP contribution in [0.3, 0.4) is 0 Å². The van der Waals surface area contributed by atoms with Crippen molar-refractivity contribution < 1.29 is 14.3 Å². The topological polar surface area (TPSA) is 35.5 Å². The lowest BCUT2D eigenvalue weighted by Crippen LogP contribution is -2.34. The van der Waals surface area contributed by atoms with Crippen LogP contribution < -0.4 is 4.74 Å². The molecule has 0 N–H and O–H groups in total. The molecule has 2 atom stereocenters. The normalized spacial score (nSPS) is 18.7. The van der Waals surface area contributed by atoms with Gasteiger partial charge >= 0.3 is 5.97 Å². The molecule has 124 valence electrons. The monoisotopic (exact) mass is 330 g/mol. The molecule has 0 aromatic heterocycles. The zero-order chi connectivity index (χ0) is 17.1. The van der Waals surface area contributed by atoms with E-state index in [1.54, 1.807) is 12.1 Å². The van der Waals surface area contributed by atoms with Crippen molar-refractivity contribution in [1.82, 2.24) is 0 Å². The van der Waals surface area contributed by atoms with Crippen molar-refractivity contribution in [2.45, 2.75) is 18.6 Å². The average Bonchev–Trinajstić information content (AvgIpc) is 2.69. The molecule has 3 nitrogen and oxygen atoms in total. The third kappa shape index (κ3) is 3.26. The van der Waals surface area contributed by atoms with Crippen molar-refractivity contribution in [2.75, 3.05) is 0 Å². The maximum absolute atomic E-state index is 12.5. The van der Waals surface area contributed by atoms with Crippen LogP contribution in [-0.2, 0) is 11.2 Å². The first-order valence-corrected chi connectivity index (χ1v) is 8.37. The Morgan fingerprint density at radius 1 is 0.840 bits per heavy atom. The van der Waals surface area contributed by atoms with E-state index >= 15 is 0 Å². The Labute approximate surface area is 146 Å². The summed E-state index contributed by atoms with van der Waals surface area (Å²) in [5.41, 5.74) is 2.61. The highest BCUT2D eigenvalue weighted by molar-refractivity contribution is 5.89. The Hall–Kier alpha value is -3.07. The Kier molecular flexibility index (Phi) is 4.21. The Balaban J connectivity index is 1.64. The third-order valence-corrected chi connectivity index (χ3v) is 4.38. The Morgan fingerprint density at radius 3 is 2.24 bits per heavy atom. The van der Waals surface area contributed by atoms with Gasteiger partial charge in [-0.2, -0.15) is 0 Å². The van der Waals surface area contributed by atoms with Crippen LogP contribution in [-0.4, -0.2) is 12.1 Å². The quantitative estimate of drug-likeness (QED) is 0.659. The number of carbonyl (C=O) groups excluding carboxylic acids is 1. The number of benzene rings is 3. The van der Waals surface area contributed by atoms with Crippen molar-refractivity contribution >= 4 is 5.97 Å². The van der Waals surface area contributed by atoms with Gasteiger partial charge < -0.3 is 9.47 Å². The smallest absolute Gasteiger partial charge is 0.338 e. The van der Waals surface area contributed by atoms with Crippen LogP contribution in [0.15, 0.2) is 84.9 Å². The molecule has 0 spiro atoms. The number of hydrogen-bond donors (Lipinski definition) is 0. The first-order valence-electron chi connectivity index (χ1n) is 8.37. The molecule has 4 rings (SSSR count). The molecule has 0 aliphatic carbocycles. The van der Waals surface area contributed by atoms with E-state index < -0.39 is 0 Å². The van der Waals surface area contributed by atoms with Gasteiger partial charge in [0.15, 0.2) is 6.10 Å². The predicted octanol–water partition coefficient (Wildman–Crippen LogP) is 4.59. The van der Waals surface area contributed by atoms with Crippen LogP contribution in [0, 0.1) is 0 Å². The highest BCUT2D eigenvalue weighted by atomic mass is 16.6. The Morgan fingerprint density at radius 2 is 1.48 bits per heavy atom. The molecule has 0 fully saturated rings. The van der Waals surface area contributed by atoms with Crippen LogP contribution >= 0.6 is 0 Å². The maximum atomic E-state index is 12.5. The van der Waals surface area contributed by atoms with Gasteiger partial charge in [0.25, 0.3) is 0 Å². The molecule has 3 aromatic rings. The minimum atomic E-state index is -0.370. The molecule has 3 aromatic carbocycles. The first kappa shape index (κ1) is 15.5. The lowest BCUT2D eigenvalue weighted by molar-refractivity contribution is -0.0182. The van der Waals surface area contributed by atoms with Gasteiger partial charge in [-0.15, -0.1) is 0 Å². The van der Waals surface area contributed by atoms with Crippen molar-refractivity contribution in [1.29, 1.82) is 0 Å². The number of rotatable bonds is 3. The second-order valence-corrected chi connectivity index (χ2v) is 6.07. The van der Waals surface area contributed by atoms with Crippen molar-refractivity contribution in [3.05, 3.63) is 102 Å². The van der Waals surface area contributed by atoms with Crippen LogP contribution in [0.2, 0.25) is 0 Å². The zero-order valence-corrected chi connectivity index (χ0v) is 13.7. The van der Waals surface area contributed by atoms with E-state index in [4.69, 9.17) is 9.47 Å². The molecule has 0 saturated heterocycles. The minimum Gasteiger partial charge on any atom is -0.482 e. The van der Waals surface area contributed by atoms with E-state index in [1.165, 1.54) is 0 Å². The molecule has 25 heavy (non-hydrogen) atoms. The van der Waals surface area contributed by atoms with Crippen LogP contribution in [0.4, 0.5) is 0 Å². The first-order chi connectivity index (χ1) is 12.3. The number of para-hydroxylation sites is 1. The number of esters is 1. The fourth-order valence-corrected chi connectivity index (χ4v) is 3.13. The summed E-state index contributed by atoms with van der Waals surface area (Å²) in [6.45, 7) is 0. The zero-order valence-electron chi connectivity index (χ0n) is 13.7. The van der Waals surface area contributed by atoms with Gasteiger partial charge in [-0.25, -0.2) is 4.79 Å². The Bertz CT molecular complexity index is 859. The molecule has 0 amide bonds. The summed E-state index contributed by atoms with van der Waals surface area (Å²) in [5, 5.41) is 0. The minimum absolute atomic E-state index is 0.316. The largest absolute Gasteiger partial charge is 0.482 e. The van der Waals surface area contributed by atoms with Crippen molar-refractivity contribution in [3.8, 4) is 5.75 Å². The van der Waals surface area contributed by atoms with Gasteiger partial charge in [-0.3, -0.25) is 0 Å². The molecule has 0 bridgehead atoms. The molecule has 3 heteroatoms. The van der Waals surface area contributed by atoms with E-state index in [0.29, 0.717) is 12.0 Å². The van der Waals surface area contributed by atoms with Crippen LogP contribution in [0.25, 0.3) is 0 Å². The van der Waals surface area contributed by atoms with E-state index in [1.807, 2.05) is 72.8 Å². The number of ether oxygens (including phenoxy) is 2. The predicted molar refractivity (Wildman–Crippen MR) is 95.6 cm³/mol. The van der Waals surface area contributed by atoms with E-state index in [0.717, 1.165) is 16.9 Å². The summed E-state index contributed by atoms with van der Waals surface area (Å²) in [6.07, 6.45) is -0.0531. The SMILES string of the molecule is O=C(O[C@@H]1Cc2ccccc2O[C@H]1c1ccccc1)c1ccccc1. The van der Waals surface area contributed by atoms with E-state index in [2.05, 4.69) is 0 Å². The maximum Gasteiger partial charge on any atom is 0.338 e. The van der Waals surface area contributed by atoms with Gasteiger partial charge in [0, 0.05) is 6.42 Å². The molecule has 0 saturated carbocycles. The number of carbonyl (C=O) groups is 1. The molecular formula is C22H18O3. The summed E-state index contributed by atoms with van der Waals surface area (Å²) in [4.78, 5) is 12.5. The number of fused-ring (bicyclic) bond motifs is 1. The van der Waals surface area contributed by atoms with E-state index in [9.17, 15) is 4.79 Å². The molecular weight excluding hydrogens is 312 g/mol. The average molecular weight is 330 g/mol. The summed E-state index contributed by atoms with van der Waals surface area (Å²) in [6, 6.07) is 26.9. The molecule has 1 heterocycles. The highest BCUT2D eigenvalue weighted by Crippen LogP contribution is 2.36. The van der Waals surface area contributed by atoms with Crippen molar-refractivity contribution in [2.24, 2.45) is 0 Å². The lowest BCUT2D eigenvalue weighted by Gasteiger charge is -2.33. The summed E-state index contributed by atoms with van der Waals surface area (Å²) in [7, 11) is 0. The van der Waals surface area contributed by atoms with Gasteiger partial charge in [0.2, 0.25) is 0 Å². The van der Waals surface area contributed by atoms with Crippen molar-refractivity contribution in [3.63, 3.8) is 0 Å². The molecule has 1 aliphatic heterocycles. The summed E-state index contributed by atoms with van der Waals surface area (Å²) >= 11 is 0. The van der Waals surface area contributed by atoms with Gasteiger partial charge in [-0.05, 0) is 29.3 Å². The fraction of sp³-hybridized carbons (Fsp3) is 0.136. The second kappa shape index (κ2) is 6.81. The number of hydrogen-bond acceptors (Lipinski definition) is 3.